The lowest BCUT2D eigenvalue weighted by Crippen LogP contribution is -2.15. The summed E-state index contributed by atoms with van der Waals surface area (Å²) in [5.41, 5.74) is 5.09. The van der Waals surface area contributed by atoms with Gasteiger partial charge in [-0.3, -0.25) is 0 Å². The van der Waals surface area contributed by atoms with Crippen LogP contribution in [0.15, 0.2) is 60.7 Å². The van der Waals surface area contributed by atoms with Gasteiger partial charge in [0.15, 0.2) is 11.5 Å². The van der Waals surface area contributed by atoms with E-state index in [-0.39, 0.29) is 5.82 Å². The molecule has 0 bridgehead atoms. The van der Waals surface area contributed by atoms with Gasteiger partial charge in [-0.05, 0) is 66.1 Å². The molecule has 4 heteroatoms. The summed E-state index contributed by atoms with van der Waals surface area (Å²) in [5, 5.41) is 3.35. The first-order valence-corrected chi connectivity index (χ1v) is 8.22. The zero-order valence-corrected chi connectivity index (χ0v) is 13.9. The third kappa shape index (κ3) is 3.29. The van der Waals surface area contributed by atoms with Crippen molar-refractivity contribution in [1.82, 2.24) is 0 Å². The molecule has 0 saturated carbocycles. The molecule has 0 atom stereocenters. The molecule has 0 aromatic heterocycles. The van der Waals surface area contributed by atoms with E-state index in [9.17, 15) is 4.39 Å². The van der Waals surface area contributed by atoms with Gasteiger partial charge in [-0.2, -0.15) is 0 Å². The van der Waals surface area contributed by atoms with Crippen LogP contribution in [0.4, 0.5) is 15.8 Å². The molecule has 1 N–H and O–H groups in total. The van der Waals surface area contributed by atoms with Gasteiger partial charge in [0.05, 0.1) is 0 Å². The Labute approximate surface area is 146 Å². The SMILES string of the molecule is Cc1ccc(-c2ccc3c(c2)OCCO3)cc1Nc1ccc(F)cc1. The van der Waals surface area contributed by atoms with Crippen LogP contribution < -0.4 is 14.8 Å². The largest absolute Gasteiger partial charge is 0.486 e. The van der Waals surface area contributed by atoms with Gasteiger partial charge in [0, 0.05) is 11.4 Å². The van der Waals surface area contributed by atoms with Gasteiger partial charge in [-0.1, -0.05) is 18.2 Å². The van der Waals surface area contributed by atoms with Crippen LogP contribution in [-0.4, -0.2) is 13.2 Å². The first-order valence-electron chi connectivity index (χ1n) is 8.22. The zero-order chi connectivity index (χ0) is 17.2. The molecule has 1 heterocycles. The van der Waals surface area contributed by atoms with Crippen molar-refractivity contribution in [3.05, 3.63) is 72.0 Å². The van der Waals surface area contributed by atoms with E-state index in [0.29, 0.717) is 13.2 Å². The number of fused-ring (bicyclic) bond motifs is 1. The lowest BCUT2D eigenvalue weighted by atomic mass is 10.0. The normalized spacial score (nSPS) is 12.7. The van der Waals surface area contributed by atoms with Crippen molar-refractivity contribution in [1.29, 1.82) is 0 Å². The predicted molar refractivity (Wildman–Crippen MR) is 97.3 cm³/mol. The molecule has 1 aliphatic rings. The third-order valence-electron chi connectivity index (χ3n) is 4.24. The maximum atomic E-state index is 13.1. The van der Waals surface area contributed by atoms with Crippen LogP contribution in [0.3, 0.4) is 0 Å². The van der Waals surface area contributed by atoms with Gasteiger partial charge in [-0.25, -0.2) is 4.39 Å². The van der Waals surface area contributed by atoms with E-state index in [4.69, 9.17) is 9.47 Å². The van der Waals surface area contributed by atoms with Crippen LogP contribution >= 0.6 is 0 Å². The molecule has 0 aliphatic carbocycles. The zero-order valence-electron chi connectivity index (χ0n) is 13.9. The highest BCUT2D eigenvalue weighted by Gasteiger charge is 2.13. The number of hydrogen-bond acceptors (Lipinski definition) is 3. The second kappa shape index (κ2) is 6.48. The minimum atomic E-state index is -0.243. The van der Waals surface area contributed by atoms with Crippen LogP contribution in [0.2, 0.25) is 0 Å². The summed E-state index contributed by atoms with van der Waals surface area (Å²) in [6.07, 6.45) is 0. The van der Waals surface area contributed by atoms with Gasteiger partial charge < -0.3 is 14.8 Å². The molecule has 0 saturated heterocycles. The van der Waals surface area contributed by atoms with Gasteiger partial charge in [0.25, 0.3) is 0 Å². The number of anilines is 2. The van der Waals surface area contributed by atoms with Crippen molar-refractivity contribution in [2.75, 3.05) is 18.5 Å². The number of benzene rings is 3. The number of aryl methyl sites for hydroxylation is 1. The van der Waals surface area contributed by atoms with E-state index in [1.807, 2.05) is 25.1 Å². The maximum Gasteiger partial charge on any atom is 0.161 e. The second-order valence-electron chi connectivity index (χ2n) is 6.02. The highest BCUT2D eigenvalue weighted by atomic mass is 19.1. The fourth-order valence-electron chi connectivity index (χ4n) is 2.85. The van der Waals surface area contributed by atoms with E-state index >= 15 is 0 Å². The van der Waals surface area contributed by atoms with Crippen molar-refractivity contribution < 1.29 is 13.9 Å². The highest BCUT2D eigenvalue weighted by Crippen LogP contribution is 2.36. The van der Waals surface area contributed by atoms with Crippen molar-refractivity contribution in [2.24, 2.45) is 0 Å². The number of nitrogens with one attached hydrogen (secondary N) is 1. The summed E-state index contributed by atoms with van der Waals surface area (Å²) in [7, 11) is 0. The average molecular weight is 335 g/mol. The Morgan fingerprint density at radius 3 is 2.28 bits per heavy atom. The smallest absolute Gasteiger partial charge is 0.161 e. The molecule has 3 aromatic rings. The minimum Gasteiger partial charge on any atom is -0.486 e. The van der Waals surface area contributed by atoms with E-state index in [2.05, 4.69) is 23.5 Å². The molecule has 0 unspecified atom stereocenters. The summed E-state index contributed by atoms with van der Waals surface area (Å²) < 4.78 is 24.3. The van der Waals surface area contributed by atoms with Crippen molar-refractivity contribution >= 4 is 11.4 Å². The average Bonchev–Trinajstić information content (AvgIpc) is 2.65. The van der Waals surface area contributed by atoms with Gasteiger partial charge in [0.1, 0.15) is 19.0 Å². The minimum absolute atomic E-state index is 0.243. The van der Waals surface area contributed by atoms with Crippen LogP contribution in [0.25, 0.3) is 11.1 Å². The summed E-state index contributed by atoms with van der Waals surface area (Å²) in [6.45, 7) is 3.20. The standard InChI is InChI=1S/C21H18FNO2/c1-14-2-3-15(12-19(14)23-18-7-5-17(22)6-8-18)16-4-9-20-21(13-16)25-11-10-24-20/h2-9,12-13,23H,10-11H2,1H3. The lowest BCUT2D eigenvalue weighted by Gasteiger charge is -2.19. The quantitative estimate of drug-likeness (QED) is 0.703. The first-order chi connectivity index (χ1) is 12.2. The first kappa shape index (κ1) is 15.5. The Hall–Kier alpha value is -3.01. The van der Waals surface area contributed by atoms with Crippen LogP contribution in [0.5, 0.6) is 11.5 Å². The van der Waals surface area contributed by atoms with E-state index in [1.54, 1.807) is 12.1 Å². The molecular formula is C21H18FNO2. The molecule has 126 valence electrons. The molecular weight excluding hydrogens is 317 g/mol. The molecule has 1 aliphatic heterocycles. The Morgan fingerprint density at radius 1 is 0.800 bits per heavy atom. The van der Waals surface area contributed by atoms with Crippen molar-refractivity contribution in [3.63, 3.8) is 0 Å². The topological polar surface area (TPSA) is 30.5 Å². The molecule has 25 heavy (non-hydrogen) atoms. The molecule has 3 aromatic carbocycles. The van der Waals surface area contributed by atoms with E-state index in [1.165, 1.54) is 12.1 Å². The van der Waals surface area contributed by atoms with Gasteiger partial charge in [0.2, 0.25) is 0 Å². The molecule has 0 fully saturated rings. The molecule has 0 amide bonds. The lowest BCUT2D eigenvalue weighted by molar-refractivity contribution is 0.171. The summed E-state index contributed by atoms with van der Waals surface area (Å²) in [5.74, 6) is 1.32. The van der Waals surface area contributed by atoms with Gasteiger partial charge >= 0.3 is 0 Å². The second-order valence-corrected chi connectivity index (χ2v) is 6.02. The molecule has 4 rings (SSSR count). The van der Waals surface area contributed by atoms with Crippen LogP contribution in [0.1, 0.15) is 5.56 Å². The maximum absolute atomic E-state index is 13.1. The van der Waals surface area contributed by atoms with Crippen molar-refractivity contribution in [2.45, 2.75) is 6.92 Å². The summed E-state index contributed by atoms with van der Waals surface area (Å²) in [6, 6.07) is 18.6. The third-order valence-corrected chi connectivity index (χ3v) is 4.24. The Morgan fingerprint density at radius 2 is 1.48 bits per heavy atom. The molecule has 0 spiro atoms. The fraction of sp³-hybridized carbons (Fsp3) is 0.143. The van der Waals surface area contributed by atoms with Crippen molar-refractivity contribution in [3.8, 4) is 22.6 Å². The van der Waals surface area contributed by atoms with Gasteiger partial charge in [-0.15, -0.1) is 0 Å². The monoisotopic (exact) mass is 335 g/mol. The Balaban J connectivity index is 1.66. The number of rotatable bonds is 3. The molecule has 0 radical (unpaired) electrons. The molecule has 3 nitrogen and oxygen atoms in total. The van der Waals surface area contributed by atoms with Crippen LogP contribution in [-0.2, 0) is 0 Å². The Kier molecular flexibility index (Phi) is 4.02. The highest BCUT2D eigenvalue weighted by molar-refractivity contribution is 5.74. The summed E-state index contributed by atoms with van der Waals surface area (Å²) in [4.78, 5) is 0. The predicted octanol–water partition coefficient (Wildman–Crippen LogP) is 5.32. The van der Waals surface area contributed by atoms with Crippen LogP contribution in [0, 0.1) is 12.7 Å². The number of halogens is 1. The Bertz CT molecular complexity index is 906. The fourth-order valence-corrected chi connectivity index (χ4v) is 2.85. The number of ether oxygens (including phenoxy) is 2. The summed E-state index contributed by atoms with van der Waals surface area (Å²) >= 11 is 0. The van der Waals surface area contributed by atoms with E-state index in [0.717, 1.165) is 39.6 Å². The van der Waals surface area contributed by atoms with E-state index < -0.39 is 0 Å². The number of hydrogen-bond donors (Lipinski definition) is 1.